The molecule has 2 N–H and O–H groups in total. The van der Waals surface area contributed by atoms with Crippen molar-refractivity contribution in [2.75, 3.05) is 18.5 Å². The average molecular weight is 606 g/mol. The highest BCUT2D eigenvalue weighted by atomic mass is 35.5. The molecule has 0 radical (unpaired) electrons. The smallest absolute Gasteiger partial charge is 0.331 e. The van der Waals surface area contributed by atoms with E-state index in [1.165, 1.54) is 62.2 Å². The number of thiazole rings is 1. The molecule has 10 heteroatoms. The predicted molar refractivity (Wildman–Crippen MR) is 159 cm³/mol. The third kappa shape index (κ3) is 7.91. The summed E-state index contributed by atoms with van der Waals surface area (Å²) >= 11 is 13.7. The first-order chi connectivity index (χ1) is 19.2. The van der Waals surface area contributed by atoms with Gasteiger partial charge in [0.05, 0.1) is 15.7 Å². The minimum Gasteiger partial charge on any atom is -0.478 e. The van der Waals surface area contributed by atoms with Crippen molar-refractivity contribution in [3.8, 4) is 11.3 Å². The van der Waals surface area contributed by atoms with Crippen LogP contribution in [-0.4, -0.2) is 35.2 Å². The van der Waals surface area contributed by atoms with Crippen LogP contribution in [0.2, 0.25) is 10.0 Å². The van der Waals surface area contributed by atoms with Crippen LogP contribution < -0.4 is 5.32 Å². The summed E-state index contributed by atoms with van der Waals surface area (Å²) in [5, 5.41) is 14.0. The Morgan fingerprint density at radius 3 is 2.62 bits per heavy atom. The summed E-state index contributed by atoms with van der Waals surface area (Å²) in [6.45, 7) is 2.79. The van der Waals surface area contributed by atoms with Gasteiger partial charge >= 0.3 is 5.97 Å². The number of hydrogen-bond acceptors (Lipinski definition) is 5. The topological polar surface area (TPSA) is 88.5 Å². The van der Waals surface area contributed by atoms with Crippen LogP contribution >= 0.6 is 34.5 Å². The molecule has 0 atom stereocenters. The fraction of sp³-hybridized carbons (Fsp3) is 0.367. The second-order valence-corrected chi connectivity index (χ2v) is 11.6. The lowest BCUT2D eigenvalue weighted by Gasteiger charge is -2.10. The molecular weight excluding hydrogens is 574 g/mol. The van der Waals surface area contributed by atoms with Gasteiger partial charge < -0.3 is 9.84 Å². The molecule has 1 heterocycles. The number of aromatic nitrogens is 1. The van der Waals surface area contributed by atoms with E-state index in [2.05, 4.69) is 10.3 Å². The Labute approximate surface area is 247 Å². The van der Waals surface area contributed by atoms with Gasteiger partial charge in [-0.25, -0.2) is 14.2 Å². The Hall–Kier alpha value is -2.78. The molecule has 1 aliphatic carbocycles. The molecule has 6 nitrogen and oxygen atoms in total. The normalized spacial score (nSPS) is 14.1. The van der Waals surface area contributed by atoms with E-state index in [1.807, 2.05) is 0 Å². The fourth-order valence-corrected chi connectivity index (χ4v) is 6.04. The second-order valence-electron chi connectivity index (χ2n) is 9.91. The van der Waals surface area contributed by atoms with E-state index in [1.54, 1.807) is 23.6 Å². The van der Waals surface area contributed by atoms with Gasteiger partial charge in [-0.3, -0.25) is 10.1 Å². The van der Waals surface area contributed by atoms with E-state index in [9.17, 15) is 9.59 Å². The molecule has 40 heavy (non-hydrogen) atoms. The van der Waals surface area contributed by atoms with Crippen LogP contribution in [0.4, 0.5) is 9.52 Å². The number of hydrogen-bond donors (Lipinski definition) is 2. The fourth-order valence-electron chi connectivity index (χ4n) is 4.74. The maximum Gasteiger partial charge on any atom is 0.331 e. The van der Waals surface area contributed by atoms with Crippen LogP contribution in [0.15, 0.2) is 41.3 Å². The van der Waals surface area contributed by atoms with Crippen molar-refractivity contribution >= 4 is 57.6 Å². The van der Waals surface area contributed by atoms with E-state index in [-0.39, 0.29) is 27.0 Å². The maximum atomic E-state index is 15.3. The zero-order chi connectivity index (χ0) is 28.6. The lowest BCUT2D eigenvalue weighted by atomic mass is 10.0. The number of nitrogens with zero attached hydrogens (tertiary/aromatic N) is 1. The highest BCUT2D eigenvalue weighted by Crippen LogP contribution is 2.32. The van der Waals surface area contributed by atoms with Crippen LogP contribution in [0.1, 0.15) is 66.9 Å². The van der Waals surface area contributed by atoms with Gasteiger partial charge in [-0.05, 0) is 61.9 Å². The molecule has 1 fully saturated rings. The molecule has 0 unspecified atom stereocenters. The van der Waals surface area contributed by atoms with Crippen LogP contribution in [0.3, 0.4) is 0 Å². The zero-order valence-corrected chi connectivity index (χ0v) is 24.5. The van der Waals surface area contributed by atoms with Gasteiger partial charge in [0.15, 0.2) is 5.13 Å². The molecule has 0 spiro atoms. The molecule has 3 aromatic rings. The van der Waals surface area contributed by atoms with E-state index in [0.29, 0.717) is 40.5 Å². The number of rotatable bonds is 12. The number of carbonyl (C=O) groups is 2. The van der Waals surface area contributed by atoms with Crippen molar-refractivity contribution in [2.24, 2.45) is 5.92 Å². The lowest BCUT2D eigenvalue weighted by Crippen LogP contribution is -2.12. The average Bonchev–Trinajstić information content (AvgIpc) is 3.61. The van der Waals surface area contributed by atoms with Gasteiger partial charge in [0.25, 0.3) is 5.91 Å². The summed E-state index contributed by atoms with van der Waals surface area (Å²) in [7, 11) is 0. The van der Waals surface area contributed by atoms with Crippen molar-refractivity contribution in [1.29, 1.82) is 0 Å². The number of nitrogens with one attached hydrogen (secondary N) is 1. The summed E-state index contributed by atoms with van der Waals surface area (Å²) in [5.74, 6) is -1.13. The Bertz CT molecular complexity index is 1380. The zero-order valence-electron chi connectivity index (χ0n) is 22.1. The molecule has 2 aromatic carbocycles. The molecular formula is C30H31Cl2FN2O4S. The van der Waals surface area contributed by atoms with E-state index < -0.39 is 11.9 Å². The highest BCUT2D eigenvalue weighted by molar-refractivity contribution is 7.14. The first kappa shape index (κ1) is 30.2. The Morgan fingerprint density at radius 1 is 1.20 bits per heavy atom. The third-order valence-electron chi connectivity index (χ3n) is 7.00. The number of carbonyl (C=O) groups excluding carboxylic acids is 1. The van der Waals surface area contributed by atoms with Gasteiger partial charge in [-0.2, -0.15) is 0 Å². The number of benzene rings is 2. The Balaban J connectivity index is 1.35. The quantitative estimate of drug-likeness (QED) is 0.160. The van der Waals surface area contributed by atoms with Crippen molar-refractivity contribution in [3.63, 3.8) is 0 Å². The number of aliphatic carboxylic acids is 1. The molecule has 1 saturated carbocycles. The maximum absolute atomic E-state index is 15.3. The molecule has 212 valence electrons. The SMILES string of the molecule is C/C(=C\c1c(Cl)cc(C(=O)Nc2nc(-c3cccc(CCCOCCC4CCCC4)c3F)cs2)cc1Cl)C(=O)O. The van der Waals surface area contributed by atoms with Crippen molar-refractivity contribution in [2.45, 2.75) is 51.9 Å². The number of anilines is 1. The standard InChI is InChI=1S/C30H31Cl2FN2O4S/c1-18(29(37)38)14-23-24(31)15-21(16-25(23)32)28(36)35-30-34-26(17-40-30)22-10-4-8-20(27(22)33)9-5-12-39-13-11-19-6-2-3-7-19/h4,8,10,14-17,19H,2-3,5-7,9,11-13H2,1H3,(H,37,38)(H,34,35,36)/b18-14+. The first-order valence-electron chi connectivity index (χ1n) is 13.3. The van der Waals surface area contributed by atoms with Crippen LogP contribution in [-0.2, 0) is 16.0 Å². The van der Waals surface area contributed by atoms with Crippen molar-refractivity contribution in [3.05, 3.63) is 73.8 Å². The number of amides is 1. The van der Waals surface area contributed by atoms with Crippen LogP contribution in [0.25, 0.3) is 17.3 Å². The summed E-state index contributed by atoms with van der Waals surface area (Å²) in [6, 6.07) is 8.05. The Kier molecular flexibility index (Phi) is 10.7. The number of aryl methyl sites for hydroxylation is 1. The molecule has 4 rings (SSSR count). The highest BCUT2D eigenvalue weighted by Gasteiger charge is 2.17. The molecule has 0 bridgehead atoms. The number of carboxylic acids is 1. The van der Waals surface area contributed by atoms with E-state index in [4.69, 9.17) is 33.0 Å². The number of carboxylic acid groups (broad SMARTS) is 1. The van der Waals surface area contributed by atoms with Gasteiger partial charge in [-0.15, -0.1) is 11.3 Å². The molecule has 0 saturated heterocycles. The second kappa shape index (κ2) is 14.2. The molecule has 1 aromatic heterocycles. The van der Waals surface area contributed by atoms with E-state index >= 15 is 4.39 Å². The van der Waals surface area contributed by atoms with Crippen LogP contribution in [0.5, 0.6) is 0 Å². The molecule has 1 amide bonds. The minimum atomic E-state index is -1.10. The number of halogens is 3. The van der Waals surface area contributed by atoms with Crippen LogP contribution in [0, 0.1) is 11.7 Å². The summed E-state index contributed by atoms with van der Waals surface area (Å²) < 4.78 is 21.1. The summed E-state index contributed by atoms with van der Waals surface area (Å²) in [5.41, 5.74) is 1.93. The minimum absolute atomic E-state index is 0.0514. The summed E-state index contributed by atoms with van der Waals surface area (Å²) in [6.07, 6.45) is 9.05. The lowest BCUT2D eigenvalue weighted by molar-refractivity contribution is -0.132. The Morgan fingerprint density at radius 2 is 1.93 bits per heavy atom. The molecule has 1 aliphatic rings. The van der Waals surface area contributed by atoms with E-state index in [0.717, 1.165) is 25.4 Å². The first-order valence-corrected chi connectivity index (χ1v) is 14.9. The monoisotopic (exact) mass is 604 g/mol. The third-order valence-corrected chi connectivity index (χ3v) is 8.38. The molecule has 0 aliphatic heterocycles. The number of ether oxygens (including phenoxy) is 1. The van der Waals surface area contributed by atoms with Crippen molar-refractivity contribution < 1.29 is 23.8 Å². The predicted octanol–water partition coefficient (Wildman–Crippen LogP) is 8.53. The summed E-state index contributed by atoms with van der Waals surface area (Å²) in [4.78, 5) is 28.4. The van der Waals surface area contributed by atoms with Crippen molar-refractivity contribution in [1.82, 2.24) is 4.98 Å². The van der Waals surface area contributed by atoms with Gasteiger partial charge in [-0.1, -0.05) is 61.0 Å². The largest absolute Gasteiger partial charge is 0.478 e. The van der Waals surface area contributed by atoms with Gasteiger partial charge in [0.1, 0.15) is 5.82 Å². The van der Waals surface area contributed by atoms with Gasteiger partial charge in [0.2, 0.25) is 0 Å². The van der Waals surface area contributed by atoms with Gasteiger partial charge in [0, 0.05) is 40.9 Å².